The lowest BCUT2D eigenvalue weighted by Crippen LogP contribution is -2.22. The molecule has 2 aromatic rings. The van der Waals surface area contributed by atoms with Gasteiger partial charge in [0.05, 0.1) is 30.2 Å². The van der Waals surface area contributed by atoms with Crippen molar-refractivity contribution in [3.8, 4) is 11.5 Å². The smallest absolute Gasteiger partial charge is 0.237 e. The number of methoxy groups -OCH3 is 2. The van der Waals surface area contributed by atoms with Gasteiger partial charge in [-0.15, -0.1) is 0 Å². The first-order valence-electron chi connectivity index (χ1n) is 6.74. The minimum atomic E-state index is -0.286. The predicted octanol–water partition coefficient (Wildman–Crippen LogP) is 3.22. The van der Waals surface area contributed by atoms with Gasteiger partial charge in [0.15, 0.2) is 0 Å². The van der Waals surface area contributed by atoms with Crippen molar-refractivity contribution < 1.29 is 14.3 Å². The molecular weight excluding hydrogens is 300 g/mol. The summed E-state index contributed by atoms with van der Waals surface area (Å²) in [6, 6.07) is 10.9. The molecule has 22 heavy (non-hydrogen) atoms. The van der Waals surface area contributed by atoms with Crippen molar-refractivity contribution in [1.82, 2.24) is 4.98 Å². The Morgan fingerprint density at radius 3 is 2.68 bits per heavy atom. The number of aromatic nitrogens is 1. The highest BCUT2D eigenvalue weighted by molar-refractivity contribution is 8.00. The lowest BCUT2D eigenvalue weighted by molar-refractivity contribution is -0.115. The van der Waals surface area contributed by atoms with Crippen molar-refractivity contribution in [3.05, 3.63) is 42.6 Å². The summed E-state index contributed by atoms with van der Waals surface area (Å²) in [5.74, 6) is 1.12. The van der Waals surface area contributed by atoms with Crippen LogP contribution in [-0.2, 0) is 4.79 Å². The van der Waals surface area contributed by atoms with Gasteiger partial charge in [0, 0.05) is 12.3 Å². The Morgan fingerprint density at radius 1 is 1.23 bits per heavy atom. The zero-order chi connectivity index (χ0) is 15.9. The van der Waals surface area contributed by atoms with E-state index < -0.39 is 0 Å². The van der Waals surface area contributed by atoms with Crippen molar-refractivity contribution in [3.63, 3.8) is 0 Å². The largest absolute Gasteiger partial charge is 0.497 e. The molecule has 1 aromatic heterocycles. The molecule has 0 fully saturated rings. The van der Waals surface area contributed by atoms with E-state index in [1.54, 1.807) is 38.6 Å². The van der Waals surface area contributed by atoms with E-state index in [0.29, 0.717) is 17.2 Å². The number of hydrogen-bond donors (Lipinski definition) is 1. The number of pyridine rings is 1. The molecule has 116 valence electrons. The van der Waals surface area contributed by atoms with Crippen LogP contribution in [0.3, 0.4) is 0 Å². The van der Waals surface area contributed by atoms with Crippen LogP contribution in [0.4, 0.5) is 5.69 Å². The Bertz CT molecular complexity index is 635. The highest BCUT2D eigenvalue weighted by Crippen LogP contribution is 2.30. The Kier molecular flexibility index (Phi) is 5.66. The van der Waals surface area contributed by atoms with Crippen molar-refractivity contribution >= 4 is 23.4 Å². The Hall–Kier alpha value is -2.21. The topological polar surface area (TPSA) is 60.5 Å². The number of nitrogens with zero attached hydrogens (tertiary/aromatic N) is 1. The number of benzene rings is 1. The minimum Gasteiger partial charge on any atom is -0.497 e. The Morgan fingerprint density at radius 2 is 2.05 bits per heavy atom. The number of hydrogen-bond acceptors (Lipinski definition) is 5. The summed E-state index contributed by atoms with van der Waals surface area (Å²) in [5.41, 5.74) is 0.584. The number of rotatable bonds is 6. The average molecular weight is 318 g/mol. The molecule has 1 aromatic carbocycles. The quantitative estimate of drug-likeness (QED) is 0.829. The maximum absolute atomic E-state index is 12.3. The molecule has 0 aliphatic carbocycles. The molecule has 1 N–H and O–H groups in total. The van der Waals surface area contributed by atoms with E-state index in [4.69, 9.17) is 9.47 Å². The summed E-state index contributed by atoms with van der Waals surface area (Å²) in [6.07, 6.45) is 1.71. The molecule has 1 unspecified atom stereocenters. The van der Waals surface area contributed by atoms with Crippen LogP contribution >= 0.6 is 11.8 Å². The maximum Gasteiger partial charge on any atom is 0.237 e. The van der Waals surface area contributed by atoms with Gasteiger partial charge in [0.2, 0.25) is 5.91 Å². The second-order valence-electron chi connectivity index (χ2n) is 4.48. The molecular formula is C16H18N2O3S. The lowest BCUT2D eigenvalue weighted by atomic mass is 10.2. The van der Waals surface area contributed by atoms with E-state index in [9.17, 15) is 4.79 Å². The number of carbonyl (C=O) groups is 1. The first kappa shape index (κ1) is 16.2. The summed E-state index contributed by atoms with van der Waals surface area (Å²) >= 11 is 1.40. The highest BCUT2D eigenvalue weighted by Gasteiger charge is 2.17. The zero-order valence-electron chi connectivity index (χ0n) is 12.7. The maximum atomic E-state index is 12.3. The van der Waals surface area contributed by atoms with E-state index in [1.807, 2.05) is 25.1 Å². The number of amides is 1. The molecule has 1 atom stereocenters. The summed E-state index contributed by atoms with van der Waals surface area (Å²) in [4.78, 5) is 16.5. The second-order valence-corrected chi connectivity index (χ2v) is 5.84. The molecule has 2 rings (SSSR count). The van der Waals surface area contributed by atoms with Crippen molar-refractivity contribution in [2.24, 2.45) is 0 Å². The summed E-state index contributed by atoms with van der Waals surface area (Å²) < 4.78 is 10.4. The highest BCUT2D eigenvalue weighted by atomic mass is 32.2. The molecule has 0 saturated heterocycles. The third-order valence-corrected chi connectivity index (χ3v) is 4.02. The number of anilines is 1. The van der Waals surface area contributed by atoms with Crippen LogP contribution in [0.1, 0.15) is 6.92 Å². The first-order valence-corrected chi connectivity index (χ1v) is 7.62. The van der Waals surface area contributed by atoms with E-state index in [0.717, 1.165) is 5.03 Å². The van der Waals surface area contributed by atoms with Crippen LogP contribution < -0.4 is 14.8 Å². The molecule has 6 heteroatoms. The molecule has 1 amide bonds. The van der Waals surface area contributed by atoms with Gasteiger partial charge >= 0.3 is 0 Å². The molecule has 5 nitrogen and oxygen atoms in total. The van der Waals surface area contributed by atoms with E-state index >= 15 is 0 Å². The summed E-state index contributed by atoms with van der Waals surface area (Å²) in [7, 11) is 3.14. The van der Waals surface area contributed by atoms with Gasteiger partial charge in [-0.1, -0.05) is 17.8 Å². The Labute approximate surface area is 134 Å². The van der Waals surface area contributed by atoms with Gasteiger partial charge in [0.1, 0.15) is 11.5 Å². The average Bonchev–Trinajstić information content (AvgIpc) is 2.55. The molecule has 0 aliphatic rings. The molecule has 0 radical (unpaired) electrons. The predicted molar refractivity (Wildman–Crippen MR) is 87.7 cm³/mol. The van der Waals surface area contributed by atoms with Gasteiger partial charge in [-0.25, -0.2) is 4.98 Å². The third-order valence-electron chi connectivity index (χ3n) is 2.97. The van der Waals surface area contributed by atoms with Crippen LogP contribution in [0.5, 0.6) is 11.5 Å². The van der Waals surface area contributed by atoms with Crippen LogP contribution in [0.2, 0.25) is 0 Å². The standard InChI is InChI=1S/C16H18N2O3S/c1-11(22-15-6-4-5-9-17-15)16(19)18-13-10-12(20-2)7-8-14(13)21-3/h4-11H,1-3H3,(H,18,19). The van der Waals surface area contributed by atoms with Crippen LogP contribution in [-0.4, -0.2) is 30.4 Å². The van der Waals surface area contributed by atoms with Crippen molar-refractivity contribution in [2.45, 2.75) is 17.2 Å². The zero-order valence-corrected chi connectivity index (χ0v) is 13.5. The number of nitrogens with one attached hydrogen (secondary N) is 1. The van der Waals surface area contributed by atoms with Gasteiger partial charge in [-0.3, -0.25) is 4.79 Å². The minimum absolute atomic E-state index is 0.123. The van der Waals surface area contributed by atoms with Crippen LogP contribution in [0, 0.1) is 0 Å². The lowest BCUT2D eigenvalue weighted by Gasteiger charge is -2.14. The number of ether oxygens (including phenoxy) is 2. The SMILES string of the molecule is COc1ccc(OC)c(NC(=O)C(C)Sc2ccccn2)c1. The molecule has 0 bridgehead atoms. The monoisotopic (exact) mass is 318 g/mol. The normalized spacial score (nSPS) is 11.6. The van der Waals surface area contributed by atoms with Crippen molar-refractivity contribution in [2.75, 3.05) is 19.5 Å². The fourth-order valence-corrected chi connectivity index (χ4v) is 2.60. The van der Waals surface area contributed by atoms with E-state index in [-0.39, 0.29) is 11.2 Å². The van der Waals surface area contributed by atoms with Crippen LogP contribution in [0.15, 0.2) is 47.6 Å². The third kappa shape index (κ3) is 4.14. The van der Waals surface area contributed by atoms with E-state index in [2.05, 4.69) is 10.3 Å². The van der Waals surface area contributed by atoms with Gasteiger partial charge < -0.3 is 14.8 Å². The number of carbonyl (C=O) groups excluding carboxylic acids is 1. The fraction of sp³-hybridized carbons (Fsp3) is 0.250. The molecule has 0 spiro atoms. The van der Waals surface area contributed by atoms with Gasteiger partial charge in [-0.2, -0.15) is 0 Å². The first-order chi connectivity index (χ1) is 10.6. The Balaban J connectivity index is 2.07. The summed E-state index contributed by atoms with van der Waals surface area (Å²) in [5, 5.41) is 3.39. The molecule has 1 heterocycles. The molecule has 0 aliphatic heterocycles. The van der Waals surface area contributed by atoms with Gasteiger partial charge in [-0.05, 0) is 31.2 Å². The fourth-order valence-electron chi connectivity index (χ4n) is 1.80. The van der Waals surface area contributed by atoms with E-state index in [1.165, 1.54) is 11.8 Å². The molecule has 0 saturated carbocycles. The van der Waals surface area contributed by atoms with Crippen molar-refractivity contribution in [1.29, 1.82) is 0 Å². The van der Waals surface area contributed by atoms with Gasteiger partial charge in [0.25, 0.3) is 0 Å². The number of thioether (sulfide) groups is 1. The summed E-state index contributed by atoms with van der Waals surface area (Å²) in [6.45, 7) is 1.83. The second kappa shape index (κ2) is 7.70. The van der Waals surface area contributed by atoms with Crippen LogP contribution in [0.25, 0.3) is 0 Å².